The van der Waals surface area contributed by atoms with Crippen LogP contribution in [0.25, 0.3) is 0 Å². The average molecular weight is 238 g/mol. The van der Waals surface area contributed by atoms with Crippen LogP contribution in [0.15, 0.2) is 0 Å². The number of carbonyl (C=O) groups is 1. The maximum atomic E-state index is 11.4. The van der Waals surface area contributed by atoms with E-state index >= 15 is 0 Å². The highest BCUT2D eigenvalue weighted by molar-refractivity contribution is 5.85. The molecule has 1 aliphatic heterocycles. The number of halogens is 1. The first-order chi connectivity index (χ1) is 6.61. The molecule has 1 aliphatic rings. The Bertz CT molecular complexity index is 216. The number of rotatable bonds is 3. The molecule has 0 aromatic heterocycles. The molecule has 0 aromatic carbocycles. The third-order valence-corrected chi connectivity index (χ3v) is 2.55. The molecule has 1 heterocycles. The quantitative estimate of drug-likeness (QED) is 0.741. The lowest BCUT2D eigenvalue weighted by molar-refractivity contribution is 0.113. The fraction of sp³-hybridized carbons (Fsp3) is 0.889. The Morgan fingerprint density at radius 1 is 1.60 bits per heavy atom. The van der Waals surface area contributed by atoms with E-state index in [1.54, 1.807) is 11.8 Å². The van der Waals surface area contributed by atoms with E-state index in [0.29, 0.717) is 26.2 Å². The van der Waals surface area contributed by atoms with E-state index in [0.717, 1.165) is 12.8 Å². The molecule has 1 saturated heterocycles. The lowest BCUT2D eigenvalue weighted by Gasteiger charge is -2.23. The van der Waals surface area contributed by atoms with Gasteiger partial charge < -0.3 is 21.1 Å². The smallest absolute Gasteiger partial charge is 0.409 e. The predicted molar refractivity (Wildman–Crippen MR) is 61.0 cm³/mol. The van der Waals surface area contributed by atoms with E-state index in [4.69, 9.17) is 16.2 Å². The molecular weight excluding hydrogens is 218 g/mol. The second-order valence-corrected chi connectivity index (χ2v) is 3.77. The third-order valence-electron chi connectivity index (χ3n) is 2.55. The Morgan fingerprint density at radius 3 is 2.80 bits per heavy atom. The first-order valence-electron chi connectivity index (χ1n) is 5.02. The molecule has 0 bridgehead atoms. The zero-order valence-electron chi connectivity index (χ0n) is 9.07. The van der Waals surface area contributed by atoms with E-state index < -0.39 is 0 Å². The fourth-order valence-electron chi connectivity index (χ4n) is 1.76. The van der Waals surface area contributed by atoms with Crippen LogP contribution in [0, 0.1) is 0 Å². The molecule has 15 heavy (non-hydrogen) atoms. The minimum atomic E-state index is -0.304. The lowest BCUT2D eigenvalue weighted by atomic mass is 9.96. The summed E-state index contributed by atoms with van der Waals surface area (Å²) >= 11 is 0. The topological polar surface area (TPSA) is 81.6 Å². The second-order valence-electron chi connectivity index (χ2n) is 3.77. The van der Waals surface area contributed by atoms with Crippen molar-refractivity contribution in [2.24, 2.45) is 11.5 Å². The molecule has 1 amide bonds. The largest absolute Gasteiger partial charge is 0.450 e. The Kier molecular flexibility index (Phi) is 5.93. The van der Waals surface area contributed by atoms with Gasteiger partial charge in [0.15, 0.2) is 0 Å². The molecule has 0 aromatic rings. The van der Waals surface area contributed by atoms with E-state index in [2.05, 4.69) is 0 Å². The first kappa shape index (κ1) is 14.5. The SMILES string of the molecule is CCOC(=O)N1CCC(N)(CCN)C1.Cl. The van der Waals surface area contributed by atoms with Crippen LogP contribution in [0.2, 0.25) is 0 Å². The number of nitrogens with zero attached hydrogens (tertiary/aromatic N) is 1. The molecule has 0 saturated carbocycles. The molecule has 1 fully saturated rings. The minimum absolute atomic E-state index is 0. The molecular formula is C9H20ClN3O2. The molecule has 5 nitrogen and oxygen atoms in total. The van der Waals surface area contributed by atoms with Crippen LogP contribution in [0.1, 0.15) is 19.8 Å². The van der Waals surface area contributed by atoms with Gasteiger partial charge in [0.25, 0.3) is 0 Å². The Hall–Kier alpha value is -0.520. The van der Waals surface area contributed by atoms with E-state index in [1.165, 1.54) is 0 Å². The van der Waals surface area contributed by atoms with Crippen molar-refractivity contribution in [1.29, 1.82) is 0 Å². The summed E-state index contributed by atoms with van der Waals surface area (Å²) in [6.07, 6.45) is 1.29. The normalized spacial score (nSPS) is 24.9. The summed E-state index contributed by atoms with van der Waals surface area (Å²) < 4.78 is 4.90. The summed E-state index contributed by atoms with van der Waals surface area (Å²) in [4.78, 5) is 13.0. The van der Waals surface area contributed by atoms with Crippen LogP contribution in [-0.4, -0.2) is 42.8 Å². The van der Waals surface area contributed by atoms with Gasteiger partial charge in [-0.15, -0.1) is 12.4 Å². The number of carbonyl (C=O) groups excluding carboxylic acids is 1. The highest BCUT2D eigenvalue weighted by Gasteiger charge is 2.36. The summed E-state index contributed by atoms with van der Waals surface area (Å²) in [6.45, 7) is 4.00. The average Bonchev–Trinajstić information content (AvgIpc) is 2.49. The number of amides is 1. The molecule has 0 aliphatic carbocycles. The van der Waals surface area contributed by atoms with Gasteiger partial charge in [-0.3, -0.25) is 0 Å². The maximum absolute atomic E-state index is 11.4. The Morgan fingerprint density at radius 2 is 2.27 bits per heavy atom. The highest BCUT2D eigenvalue weighted by atomic mass is 35.5. The number of hydrogen-bond donors (Lipinski definition) is 2. The predicted octanol–water partition coefficient (Wildman–Crippen LogP) is 0.317. The standard InChI is InChI=1S/C9H19N3O2.ClH/c1-2-14-8(13)12-6-4-9(11,7-12)3-5-10;/h2-7,10-11H2,1H3;1H. The van der Waals surface area contributed by atoms with Crippen LogP contribution in [0.5, 0.6) is 0 Å². The van der Waals surface area contributed by atoms with E-state index in [1.807, 2.05) is 0 Å². The molecule has 6 heteroatoms. The van der Waals surface area contributed by atoms with Gasteiger partial charge in [0, 0.05) is 18.6 Å². The molecule has 0 spiro atoms. The number of nitrogens with two attached hydrogens (primary N) is 2. The van der Waals surface area contributed by atoms with Crippen LogP contribution in [-0.2, 0) is 4.74 Å². The van der Waals surface area contributed by atoms with Gasteiger partial charge in [0.1, 0.15) is 0 Å². The number of ether oxygens (including phenoxy) is 1. The summed E-state index contributed by atoms with van der Waals surface area (Å²) in [5.41, 5.74) is 11.2. The van der Waals surface area contributed by atoms with Crippen molar-refractivity contribution in [1.82, 2.24) is 4.90 Å². The van der Waals surface area contributed by atoms with Crippen LogP contribution < -0.4 is 11.5 Å². The summed E-state index contributed by atoms with van der Waals surface area (Å²) in [6, 6.07) is 0. The Balaban J connectivity index is 0.00000196. The van der Waals surface area contributed by atoms with Crippen molar-refractivity contribution in [3.05, 3.63) is 0 Å². The lowest BCUT2D eigenvalue weighted by Crippen LogP contribution is -2.45. The first-order valence-corrected chi connectivity index (χ1v) is 5.02. The van der Waals surface area contributed by atoms with Gasteiger partial charge >= 0.3 is 6.09 Å². The summed E-state index contributed by atoms with van der Waals surface area (Å²) in [5, 5.41) is 0. The van der Waals surface area contributed by atoms with Crippen molar-refractivity contribution in [3.63, 3.8) is 0 Å². The number of likely N-dealkylation sites (tertiary alicyclic amines) is 1. The van der Waals surface area contributed by atoms with Crippen molar-refractivity contribution < 1.29 is 9.53 Å². The number of hydrogen-bond acceptors (Lipinski definition) is 4. The molecule has 4 N–H and O–H groups in total. The molecule has 1 atom stereocenters. The second kappa shape index (κ2) is 6.15. The van der Waals surface area contributed by atoms with Crippen LogP contribution >= 0.6 is 12.4 Å². The van der Waals surface area contributed by atoms with Gasteiger partial charge in [-0.05, 0) is 26.3 Å². The third kappa shape index (κ3) is 3.85. The molecule has 1 rings (SSSR count). The van der Waals surface area contributed by atoms with Gasteiger partial charge in [-0.25, -0.2) is 4.79 Å². The molecule has 1 unspecified atom stereocenters. The molecule has 90 valence electrons. The Labute approximate surface area is 96.5 Å². The summed E-state index contributed by atoms with van der Waals surface area (Å²) in [7, 11) is 0. The fourth-order valence-corrected chi connectivity index (χ4v) is 1.76. The minimum Gasteiger partial charge on any atom is -0.450 e. The highest BCUT2D eigenvalue weighted by Crippen LogP contribution is 2.21. The van der Waals surface area contributed by atoms with Crippen molar-refractivity contribution in [2.45, 2.75) is 25.3 Å². The van der Waals surface area contributed by atoms with Gasteiger partial charge in [0.05, 0.1) is 6.61 Å². The van der Waals surface area contributed by atoms with E-state index in [-0.39, 0.29) is 24.0 Å². The monoisotopic (exact) mass is 237 g/mol. The van der Waals surface area contributed by atoms with Gasteiger partial charge in [-0.1, -0.05) is 0 Å². The maximum Gasteiger partial charge on any atom is 0.409 e. The van der Waals surface area contributed by atoms with Gasteiger partial charge in [0.2, 0.25) is 0 Å². The van der Waals surface area contributed by atoms with Crippen molar-refractivity contribution >= 4 is 18.5 Å². The zero-order chi connectivity index (χ0) is 10.6. The van der Waals surface area contributed by atoms with Crippen molar-refractivity contribution in [2.75, 3.05) is 26.2 Å². The van der Waals surface area contributed by atoms with Gasteiger partial charge in [-0.2, -0.15) is 0 Å². The zero-order valence-corrected chi connectivity index (χ0v) is 9.89. The van der Waals surface area contributed by atoms with Crippen LogP contribution in [0.4, 0.5) is 4.79 Å². The van der Waals surface area contributed by atoms with Crippen LogP contribution in [0.3, 0.4) is 0 Å². The van der Waals surface area contributed by atoms with E-state index in [9.17, 15) is 4.79 Å². The van der Waals surface area contributed by atoms with Crippen molar-refractivity contribution in [3.8, 4) is 0 Å². The molecule has 0 radical (unpaired) electrons. The summed E-state index contributed by atoms with van der Waals surface area (Å²) in [5.74, 6) is 0.